The lowest BCUT2D eigenvalue weighted by Crippen LogP contribution is -2.11. The largest absolute Gasteiger partial charge is 0.323 e. The van der Waals surface area contributed by atoms with Crippen molar-refractivity contribution in [3.63, 3.8) is 0 Å². The second-order valence-electron chi connectivity index (χ2n) is 2.52. The summed E-state index contributed by atoms with van der Waals surface area (Å²) in [7, 11) is 0. The van der Waals surface area contributed by atoms with Crippen LogP contribution < -0.4 is 5.73 Å². The molecule has 1 aromatic rings. The van der Waals surface area contributed by atoms with Crippen LogP contribution in [0, 0.1) is 22.7 Å². The number of hydrogen-bond acceptors (Lipinski definition) is 4. The van der Waals surface area contributed by atoms with Gasteiger partial charge in [0.15, 0.2) is 0 Å². The van der Waals surface area contributed by atoms with E-state index in [0.717, 1.165) is 0 Å². The number of aromatic nitrogens is 1. The molecule has 2 N–H and O–H groups in total. The summed E-state index contributed by atoms with van der Waals surface area (Å²) in [5.74, 6) is 0. The Labute approximate surface area is 76.2 Å². The fraction of sp³-hybridized carbons (Fsp3) is 0.222. The maximum atomic E-state index is 8.68. The van der Waals surface area contributed by atoms with Crippen LogP contribution in [0.25, 0.3) is 0 Å². The van der Waals surface area contributed by atoms with E-state index in [9.17, 15) is 0 Å². The molecule has 13 heavy (non-hydrogen) atoms. The Bertz CT molecular complexity index is 372. The molecule has 0 aromatic carbocycles. The Balaban J connectivity index is 3.02. The number of nitriles is 2. The third kappa shape index (κ3) is 2.02. The third-order valence-corrected chi connectivity index (χ3v) is 1.66. The van der Waals surface area contributed by atoms with E-state index < -0.39 is 6.04 Å². The summed E-state index contributed by atoms with van der Waals surface area (Å²) in [6, 6.07) is 6.88. The summed E-state index contributed by atoms with van der Waals surface area (Å²) in [6.07, 6.45) is 1.72. The van der Waals surface area contributed by atoms with E-state index in [1.165, 1.54) is 6.20 Å². The van der Waals surface area contributed by atoms with Gasteiger partial charge < -0.3 is 5.73 Å². The van der Waals surface area contributed by atoms with Gasteiger partial charge in [0.05, 0.1) is 12.5 Å². The lowest BCUT2D eigenvalue weighted by molar-refractivity contribution is 0.740. The molecule has 0 aliphatic rings. The zero-order valence-electron chi connectivity index (χ0n) is 6.94. The van der Waals surface area contributed by atoms with Crippen molar-refractivity contribution in [3.05, 3.63) is 29.6 Å². The summed E-state index contributed by atoms with van der Waals surface area (Å²) in [5, 5.41) is 17.1. The number of nitrogens with two attached hydrogens (primary N) is 1. The van der Waals surface area contributed by atoms with Crippen molar-refractivity contribution >= 4 is 0 Å². The lowest BCUT2D eigenvalue weighted by Gasteiger charge is -2.07. The van der Waals surface area contributed by atoms with Crippen molar-refractivity contribution < 1.29 is 0 Å². The van der Waals surface area contributed by atoms with Gasteiger partial charge in [-0.25, -0.2) is 4.98 Å². The highest BCUT2D eigenvalue weighted by Crippen LogP contribution is 2.15. The highest BCUT2D eigenvalue weighted by atomic mass is 14.7. The molecule has 1 rings (SSSR count). The second-order valence-corrected chi connectivity index (χ2v) is 2.52. The van der Waals surface area contributed by atoms with Gasteiger partial charge in [0.25, 0.3) is 0 Å². The predicted molar refractivity (Wildman–Crippen MR) is 46.1 cm³/mol. The normalized spacial score (nSPS) is 11.3. The molecule has 0 aliphatic heterocycles. The number of pyridine rings is 1. The Morgan fingerprint density at radius 3 is 2.92 bits per heavy atom. The summed E-state index contributed by atoms with van der Waals surface area (Å²) < 4.78 is 0. The van der Waals surface area contributed by atoms with Gasteiger partial charge in [-0.05, 0) is 6.07 Å². The zero-order valence-corrected chi connectivity index (χ0v) is 6.94. The van der Waals surface area contributed by atoms with Gasteiger partial charge in [0.2, 0.25) is 0 Å². The highest BCUT2D eigenvalue weighted by molar-refractivity contribution is 5.33. The topological polar surface area (TPSA) is 86.5 Å². The first-order valence-corrected chi connectivity index (χ1v) is 3.77. The third-order valence-electron chi connectivity index (χ3n) is 1.66. The molecule has 1 aromatic heterocycles. The molecule has 0 aliphatic carbocycles. The standard InChI is InChI=1S/C9H8N4/c10-4-3-8(12)7-2-1-5-13-9(7)6-11/h1-2,5,8H,3,12H2. The fourth-order valence-corrected chi connectivity index (χ4v) is 1.02. The minimum atomic E-state index is -0.423. The van der Waals surface area contributed by atoms with E-state index in [1.807, 2.05) is 12.1 Å². The molecule has 0 fully saturated rings. The van der Waals surface area contributed by atoms with Crippen LogP contribution in [0.5, 0.6) is 0 Å². The SMILES string of the molecule is N#CCC(N)c1cccnc1C#N. The van der Waals surface area contributed by atoms with Crippen LogP contribution in [-0.2, 0) is 0 Å². The van der Waals surface area contributed by atoms with Gasteiger partial charge in [-0.15, -0.1) is 0 Å². The van der Waals surface area contributed by atoms with Crippen molar-refractivity contribution in [1.29, 1.82) is 10.5 Å². The molecule has 4 nitrogen and oxygen atoms in total. The first-order chi connectivity index (χ1) is 6.29. The number of rotatable bonds is 2. The minimum Gasteiger partial charge on any atom is -0.323 e. The van der Waals surface area contributed by atoms with Crippen LogP contribution in [0.15, 0.2) is 18.3 Å². The minimum absolute atomic E-state index is 0.195. The molecule has 1 unspecified atom stereocenters. The zero-order chi connectivity index (χ0) is 9.68. The van der Waals surface area contributed by atoms with Crippen molar-refractivity contribution in [1.82, 2.24) is 4.98 Å². The van der Waals surface area contributed by atoms with Gasteiger partial charge in [-0.1, -0.05) is 6.07 Å². The first kappa shape index (κ1) is 9.18. The predicted octanol–water partition coefficient (Wildman–Crippen LogP) is 0.867. The molecule has 0 spiro atoms. The molecular formula is C9H8N4. The summed E-state index contributed by atoms with van der Waals surface area (Å²) in [6.45, 7) is 0. The molecule has 64 valence electrons. The molecule has 0 saturated carbocycles. The molecule has 0 bridgehead atoms. The van der Waals surface area contributed by atoms with E-state index in [2.05, 4.69) is 4.98 Å². The van der Waals surface area contributed by atoms with Crippen molar-refractivity contribution in [2.45, 2.75) is 12.5 Å². The monoisotopic (exact) mass is 172 g/mol. The fourth-order valence-electron chi connectivity index (χ4n) is 1.02. The van der Waals surface area contributed by atoms with E-state index in [0.29, 0.717) is 11.3 Å². The van der Waals surface area contributed by atoms with E-state index in [-0.39, 0.29) is 6.42 Å². The van der Waals surface area contributed by atoms with E-state index >= 15 is 0 Å². The summed E-state index contributed by atoms with van der Waals surface area (Å²) in [4.78, 5) is 3.85. The van der Waals surface area contributed by atoms with Crippen molar-refractivity contribution in [3.8, 4) is 12.1 Å². The van der Waals surface area contributed by atoms with Gasteiger partial charge in [-0.2, -0.15) is 10.5 Å². The average Bonchev–Trinajstić information content (AvgIpc) is 2.18. The average molecular weight is 172 g/mol. The second kappa shape index (κ2) is 4.20. The molecule has 1 heterocycles. The maximum Gasteiger partial charge on any atom is 0.145 e. The van der Waals surface area contributed by atoms with Crippen LogP contribution in [0.2, 0.25) is 0 Å². The van der Waals surface area contributed by atoms with Crippen LogP contribution in [0.1, 0.15) is 23.7 Å². The van der Waals surface area contributed by atoms with Crippen LogP contribution in [0.4, 0.5) is 0 Å². The molecular weight excluding hydrogens is 164 g/mol. The Hall–Kier alpha value is -1.91. The Kier molecular flexibility index (Phi) is 2.97. The Morgan fingerprint density at radius 1 is 1.54 bits per heavy atom. The molecule has 0 amide bonds. The van der Waals surface area contributed by atoms with Crippen LogP contribution in [-0.4, -0.2) is 4.98 Å². The smallest absolute Gasteiger partial charge is 0.145 e. The lowest BCUT2D eigenvalue weighted by atomic mass is 10.0. The van der Waals surface area contributed by atoms with E-state index in [1.54, 1.807) is 12.1 Å². The van der Waals surface area contributed by atoms with Gasteiger partial charge in [0.1, 0.15) is 11.8 Å². The van der Waals surface area contributed by atoms with E-state index in [4.69, 9.17) is 16.3 Å². The highest BCUT2D eigenvalue weighted by Gasteiger charge is 2.10. The molecule has 1 atom stereocenters. The quantitative estimate of drug-likeness (QED) is 0.716. The first-order valence-electron chi connectivity index (χ1n) is 3.77. The molecule has 0 saturated heterocycles. The Morgan fingerprint density at radius 2 is 2.31 bits per heavy atom. The van der Waals surface area contributed by atoms with Gasteiger partial charge in [-0.3, -0.25) is 0 Å². The molecule has 4 heteroatoms. The van der Waals surface area contributed by atoms with Crippen molar-refractivity contribution in [2.24, 2.45) is 5.73 Å². The number of hydrogen-bond donors (Lipinski definition) is 1. The van der Waals surface area contributed by atoms with Gasteiger partial charge in [0, 0.05) is 17.8 Å². The van der Waals surface area contributed by atoms with Crippen LogP contribution >= 0.6 is 0 Å². The number of nitrogens with zero attached hydrogens (tertiary/aromatic N) is 3. The van der Waals surface area contributed by atoms with Gasteiger partial charge >= 0.3 is 0 Å². The molecule has 0 radical (unpaired) electrons. The summed E-state index contributed by atoms with van der Waals surface area (Å²) in [5.41, 5.74) is 6.60. The van der Waals surface area contributed by atoms with Crippen LogP contribution in [0.3, 0.4) is 0 Å². The van der Waals surface area contributed by atoms with Crippen molar-refractivity contribution in [2.75, 3.05) is 0 Å². The maximum absolute atomic E-state index is 8.68. The summed E-state index contributed by atoms with van der Waals surface area (Å²) >= 11 is 0.